The number of β-amino-alcohol motifs (C(OH)–C–C–N with tert-alkyl or cyclic N) is 1. The number of aromatic nitrogens is 1. The Kier molecular flexibility index (Phi) is 19.6. The second-order valence-electron chi connectivity index (χ2n) is 17.2. The second kappa shape index (κ2) is 24.8. The topological polar surface area (TPSA) is 174 Å². The molecule has 0 spiro atoms. The van der Waals surface area contributed by atoms with Gasteiger partial charge in [0.1, 0.15) is 17.9 Å². The van der Waals surface area contributed by atoms with Gasteiger partial charge < -0.3 is 31.3 Å². The third-order valence-corrected chi connectivity index (χ3v) is 12.7. The molecule has 1 saturated heterocycles. The molecule has 1 aromatic heterocycles. The lowest BCUT2D eigenvalue weighted by Gasteiger charge is -2.35. The van der Waals surface area contributed by atoms with Crippen LogP contribution in [0.25, 0.3) is 10.4 Å². The molecular weight excluding hydrogens is 975 g/mol. The number of aliphatic hydroxyl groups is 1. The highest BCUT2D eigenvalue weighted by molar-refractivity contribution is 14.1. The number of benzene rings is 3. The highest BCUT2D eigenvalue weighted by Gasteiger charge is 2.44. The lowest BCUT2D eigenvalue weighted by Crippen LogP contribution is -2.57. The normalized spacial score (nSPS) is 15.4. The monoisotopic (exact) mass is 1030 g/mol. The van der Waals surface area contributed by atoms with Crippen LogP contribution in [0.2, 0.25) is 0 Å². The number of nitrogens with zero attached hydrogens (tertiary/aromatic N) is 2. The summed E-state index contributed by atoms with van der Waals surface area (Å²) in [4.78, 5) is 65.2. The fourth-order valence-electron chi connectivity index (χ4n) is 7.41. The minimum Gasteiger partial charge on any atom is -0.391 e. The van der Waals surface area contributed by atoms with Crippen LogP contribution in [0.1, 0.15) is 100 Å². The Bertz CT molecular complexity index is 2240. The predicted octanol–water partition coefficient (Wildman–Crippen LogP) is 8.06. The first-order chi connectivity index (χ1) is 31.0. The SMILES string of the molecule is Cc1ncsc1-c1ccc(CNC(=O)[C@@H]2C[C@@H](O)CN2C(=O)[C@@H](NC(=O)CCCCCCCCNCCCONC(=O)c2ccc(F)c(F)c2Nc2ccc(I)cc2F)C(C)(C)C)cc1. The van der Waals surface area contributed by atoms with E-state index in [0.717, 1.165) is 72.5 Å². The Hall–Kier alpha value is -4.63. The third-order valence-electron chi connectivity index (χ3n) is 11.0. The molecule has 1 aliphatic rings. The molecule has 13 nitrogen and oxygen atoms in total. The van der Waals surface area contributed by atoms with E-state index in [4.69, 9.17) is 4.84 Å². The molecule has 5 rings (SSSR count). The summed E-state index contributed by atoms with van der Waals surface area (Å²) < 4.78 is 43.6. The van der Waals surface area contributed by atoms with Crippen molar-refractivity contribution in [3.05, 3.63) is 98.0 Å². The minimum absolute atomic E-state index is 0.0102. The summed E-state index contributed by atoms with van der Waals surface area (Å²) >= 11 is 3.49. The molecule has 0 saturated carbocycles. The quantitative estimate of drug-likeness (QED) is 0.0244. The van der Waals surface area contributed by atoms with Crippen LogP contribution in [0.5, 0.6) is 0 Å². The van der Waals surface area contributed by atoms with Crippen LogP contribution >= 0.6 is 33.9 Å². The van der Waals surface area contributed by atoms with E-state index in [9.17, 15) is 37.5 Å². The predicted molar refractivity (Wildman–Crippen MR) is 254 cm³/mol. The smallest absolute Gasteiger partial charge is 0.277 e. The number of anilines is 2. The molecule has 1 fully saturated rings. The summed E-state index contributed by atoms with van der Waals surface area (Å²) in [7, 11) is 0. The van der Waals surface area contributed by atoms with Crippen molar-refractivity contribution in [2.75, 3.05) is 31.6 Å². The van der Waals surface area contributed by atoms with Crippen molar-refractivity contribution in [1.29, 1.82) is 0 Å². The lowest BCUT2D eigenvalue weighted by molar-refractivity contribution is -0.144. The van der Waals surface area contributed by atoms with Gasteiger partial charge in [-0.2, -0.15) is 0 Å². The number of carbonyl (C=O) groups excluding carboxylic acids is 4. The summed E-state index contributed by atoms with van der Waals surface area (Å²) in [5.41, 5.74) is 5.44. The highest BCUT2D eigenvalue weighted by Crippen LogP contribution is 2.30. The van der Waals surface area contributed by atoms with Crippen molar-refractivity contribution >= 4 is 68.9 Å². The number of hydroxylamine groups is 1. The van der Waals surface area contributed by atoms with Crippen molar-refractivity contribution in [2.45, 2.75) is 110 Å². The molecular formula is C47H59F3IN7O6S. The highest BCUT2D eigenvalue weighted by atomic mass is 127. The number of likely N-dealkylation sites (tertiary alicyclic amines) is 1. The van der Waals surface area contributed by atoms with Crippen LogP contribution in [-0.2, 0) is 25.8 Å². The average Bonchev–Trinajstić information content (AvgIpc) is 3.89. The Morgan fingerprint density at radius 2 is 1.65 bits per heavy atom. The molecule has 352 valence electrons. The number of carbonyl (C=O) groups is 4. The number of unbranched alkanes of at least 4 members (excludes halogenated alkanes) is 5. The molecule has 4 amide bonds. The summed E-state index contributed by atoms with van der Waals surface area (Å²) in [5.74, 6) is -4.99. The molecule has 65 heavy (non-hydrogen) atoms. The van der Waals surface area contributed by atoms with Crippen LogP contribution in [0.4, 0.5) is 24.5 Å². The summed E-state index contributed by atoms with van der Waals surface area (Å²) in [6.45, 7) is 9.42. The lowest BCUT2D eigenvalue weighted by atomic mass is 9.85. The largest absolute Gasteiger partial charge is 0.391 e. The molecule has 6 N–H and O–H groups in total. The van der Waals surface area contributed by atoms with Crippen molar-refractivity contribution in [2.24, 2.45) is 5.41 Å². The maximum atomic E-state index is 14.7. The molecule has 18 heteroatoms. The number of rotatable bonds is 23. The first-order valence-electron chi connectivity index (χ1n) is 21.9. The molecule has 0 aliphatic carbocycles. The van der Waals surface area contributed by atoms with Gasteiger partial charge in [-0.1, -0.05) is 70.7 Å². The summed E-state index contributed by atoms with van der Waals surface area (Å²) in [6.07, 6.45) is 5.53. The molecule has 0 bridgehead atoms. The van der Waals surface area contributed by atoms with E-state index in [-0.39, 0.29) is 61.5 Å². The molecule has 0 unspecified atom stereocenters. The fourth-order valence-corrected chi connectivity index (χ4v) is 8.67. The zero-order chi connectivity index (χ0) is 47.1. The first kappa shape index (κ1) is 51.4. The molecule has 0 radical (unpaired) electrons. The average molecular weight is 1030 g/mol. The Labute approximate surface area is 396 Å². The van der Waals surface area contributed by atoms with Gasteiger partial charge in [0.2, 0.25) is 17.7 Å². The number of halogens is 4. The maximum absolute atomic E-state index is 14.7. The first-order valence-corrected chi connectivity index (χ1v) is 23.9. The summed E-state index contributed by atoms with van der Waals surface area (Å²) in [5, 5.41) is 22.2. The third kappa shape index (κ3) is 15.2. The van der Waals surface area contributed by atoms with E-state index >= 15 is 0 Å². The van der Waals surface area contributed by atoms with E-state index in [1.54, 1.807) is 17.4 Å². The fraction of sp³-hybridized carbons (Fsp3) is 0.468. The van der Waals surface area contributed by atoms with Gasteiger partial charge in [-0.15, -0.1) is 11.3 Å². The van der Waals surface area contributed by atoms with Crippen LogP contribution in [0, 0.1) is 33.4 Å². The number of nitrogens with one attached hydrogen (secondary N) is 5. The van der Waals surface area contributed by atoms with Crippen molar-refractivity contribution in [3.63, 3.8) is 0 Å². The minimum atomic E-state index is -1.32. The zero-order valence-corrected chi connectivity index (χ0v) is 40.2. The number of amides is 4. The van der Waals surface area contributed by atoms with Crippen molar-refractivity contribution in [1.82, 2.24) is 31.3 Å². The standard InChI is InChI=1S/C47H59F3IN7O6S/c1-29-42(65-28-54-29)31-15-13-30(14-16-31)26-53-45(62)38-25-33(59)27-58(38)46(63)43(47(2,3)4)56-39(60)12-9-7-5-6-8-10-21-52-22-11-23-64-57-44(61)34-18-19-35(48)40(50)41(34)55-37-20-17-32(51)24-36(37)49/h13-20,24,28,33,38,43,52,55,59H,5-12,21-23,25-27H2,1-4H3,(H,53,62)(H,56,60)(H,57,61)/t33-,38+,43-/m1/s1. The molecule has 3 aromatic carbocycles. The van der Waals surface area contributed by atoms with Crippen molar-refractivity contribution < 1.29 is 42.3 Å². The van der Waals surface area contributed by atoms with Gasteiger partial charge in [-0.3, -0.25) is 24.0 Å². The van der Waals surface area contributed by atoms with Gasteiger partial charge in [0, 0.05) is 29.5 Å². The maximum Gasteiger partial charge on any atom is 0.277 e. The Morgan fingerprint density at radius 3 is 2.34 bits per heavy atom. The van der Waals surface area contributed by atoms with E-state index < -0.39 is 52.6 Å². The number of hydrogen-bond donors (Lipinski definition) is 6. The van der Waals surface area contributed by atoms with Crippen LogP contribution in [-0.4, -0.2) is 83.0 Å². The van der Waals surface area contributed by atoms with E-state index in [1.807, 2.05) is 80.1 Å². The van der Waals surface area contributed by atoms with Gasteiger partial charge in [-0.25, -0.2) is 23.6 Å². The molecule has 3 atom stereocenters. The van der Waals surface area contributed by atoms with Crippen LogP contribution in [0.15, 0.2) is 60.1 Å². The van der Waals surface area contributed by atoms with Crippen molar-refractivity contribution in [3.8, 4) is 10.4 Å². The van der Waals surface area contributed by atoms with E-state index in [1.165, 1.54) is 17.0 Å². The van der Waals surface area contributed by atoms with Gasteiger partial charge >= 0.3 is 0 Å². The zero-order valence-electron chi connectivity index (χ0n) is 37.2. The number of thiazole rings is 1. The number of hydrogen-bond acceptors (Lipinski definition) is 10. The van der Waals surface area contributed by atoms with Crippen LogP contribution < -0.4 is 26.7 Å². The second-order valence-corrected chi connectivity index (χ2v) is 19.3. The molecule has 2 heterocycles. The van der Waals surface area contributed by atoms with Gasteiger partial charge in [0.25, 0.3) is 5.91 Å². The van der Waals surface area contributed by atoms with E-state index in [2.05, 4.69) is 31.7 Å². The molecule has 1 aliphatic heterocycles. The molecule has 4 aromatic rings. The summed E-state index contributed by atoms with van der Waals surface area (Å²) in [6, 6.07) is 12.2. The Balaban J connectivity index is 0.929. The van der Waals surface area contributed by atoms with Gasteiger partial charge in [0.15, 0.2) is 11.6 Å². The Morgan fingerprint density at radius 1 is 0.938 bits per heavy atom. The van der Waals surface area contributed by atoms with E-state index in [0.29, 0.717) is 23.0 Å². The van der Waals surface area contributed by atoms with Crippen LogP contribution in [0.3, 0.4) is 0 Å². The van der Waals surface area contributed by atoms with Gasteiger partial charge in [-0.05, 0) is 109 Å². The number of aryl methyl sites for hydroxylation is 1. The van der Waals surface area contributed by atoms with Gasteiger partial charge in [0.05, 0.1) is 45.7 Å². The number of aliphatic hydroxyl groups excluding tert-OH is 1.